The molecule has 28 heavy (non-hydrogen) atoms. The summed E-state index contributed by atoms with van der Waals surface area (Å²) in [5, 5.41) is 0. The highest BCUT2D eigenvalue weighted by molar-refractivity contribution is 5.79. The molecule has 2 heterocycles. The van der Waals surface area contributed by atoms with Crippen molar-refractivity contribution in [2.75, 3.05) is 45.8 Å². The molecule has 0 unspecified atom stereocenters. The first-order valence-electron chi connectivity index (χ1n) is 11.6. The lowest BCUT2D eigenvalue weighted by Crippen LogP contribution is -2.51. The molecule has 0 N–H and O–H groups in total. The van der Waals surface area contributed by atoms with Crippen LogP contribution in [0.25, 0.3) is 0 Å². The van der Waals surface area contributed by atoms with E-state index in [0.29, 0.717) is 5.91 Å². The van der Waals surface area contributed by atoms with E-state index < -0.39 is 0 Å². The Balaban J connectivity index is 1.17. The van der Waals surface area contributed by atoms with Gasteiger partial charge in [-0.25, -0.2) is 0 Å². The quantitative estimate of drug-likeness (QED) is 0.777. The molecule has 1 aromatic rings. The van der Waals surface area contributed by atoms with Gasteiger partial charge >= 0.3 is 0 Å². The zero-order valence-corrected chi connectivity index (χ0v) is 17.4. The fraction of sp³-hybridized carbons (Fsp3) is 0.708. The van der Waals surface area contributed by atoms with Crippen LogP contribution in [0, 0.1) is 11.8 Å². The molecule has 2 saturated heterocycles. The van der Waals surface area contributed by atoms with Crippen LogP contribution in [0.3, 0.4) is 0 Å². The van der Waals surface area contributed by atoms with Crippen molar-refractivity contribution in [2.24, 2.45) is 11.8 Å². The SMILES string of the molecule is O=C(C1CCN(CC2CCCCC2)CC1)N1CCN(Cc2ccccc2)CC1. The van der Waals surface area contributed by atoms with Crippen molar-refractivity contribution in [3.63, 3.8) is 0 Å². The summed E-state index contributed by atoms with van der Waals surface area (Å²) in [5.74, 6) is 1.61. The zero-order chi connectivity index (χ0) is 19.2. The maximum Gasteiger partial charge on any atom is 0.225 e. The van der Waals surface area contributed by atoms with E-state index in [-0.39, 0.29) is 5.92 Å². The molecule has 4 nitrogen and oxygen atoms in total. The van der Waals surface area contributed by atoms with E-state index >= 15 is 0 Å². The Hall–Kier alpha value is -1.39. The molecule has 4 heteroatoms. The van der Waals surface area contributed by atoms with Crippen LogP contribution in [0.5, 0.6) is 0 Å². The number of piperazine rings is 1. The van der Waals surface area contributed by atoms with E-state index in [0.717, 1.165) is 64.6 Å². The van der Waals surface area contributed by atoms with Crippen LogP contribution >= 0.6 is 0 Å². The largest absolute Gasteiger partial charge is 0.340 e. The van der Waals surface area contributed by atoms with Gasteiger partial charge in [-0.3, -0.25) is 9.69 Å². The molecule has 4 rings (SSSR count). The van der Waals surface area contributed by atoms with Crippen molar-refractivity contribution in [3.8, 4) is 0 Å². The Labute approximate surface area is 170 Å². The van der Waals surface area contributed by atoms with Gasteiger partial charge in [-0.05, 0) is 50.3 Å². The number of carbonyl (C=O) groups excluding carboxylic acids is 1. The van der Waals surface area contributed by atoms with Gasteiger partial charge in [-0.2, -0.15) is 0 Å². The number of amides is 1. The van der Waals surface area contributed by atoms with E-state index in [1.165, 1.54) is 44.2 Å². The lowest BCUT2D eigenvalue weighted by molar-refractivity contribution is -0.139. The Kier molecular flexibility index (Phi) is 7.03. The lowest BCUT2D eigenvalue weighted by Gasteiger charge is -2.39. The molecule has 154 valence electrons. The summed E-state index contributed by atoms with van der Waals surface area (Å²) in [6.45, 7) is 8.33. The molecule has 0 bridgehead atoms. The van der Waals surface area contributed by atoms with E-state index in [4.69, 9.17) is 0 Å². The first-order valence-corrected chi connectivity index (χ1v) is 11.6. The summed E-state index contributed by atoms with van der Waals surface area (Å²) in [6, 6.07) is 10.7. The van der Waals surface area contributed by atoms with E-state index in [9.17, 15) is 4.79 Å². The number of benzene rings is 1. The number of hydrogen-bond donors (Lipinski definition) is 0. The average Bonchev–Trinajstić information content (AvgIpc) is 2.76. The molecule has 1 aliphatic carbocycles. The Morgan fingerprint density at radius 3 is 2.14 bits per heavy atom. The summed E-state index contributed by atoms with van der Waals surface area (Å²) in [5.41, 5.74) is 1.37. The van der Waals surface area contributed by atoms with Crippen LogP contribution in [0.1, 0.15) is 50.5 Å². The number of carbonyl (C=O) groups is 1. The van der Waals surface area contributed by atoms with Crippen LogP contribution in [0.2, 0.25) is 0 Å². The van der Waals surface area contributed by atoms with E-state index in [1.54, 1.807) is 0 Å². The van der Waals surface area contributed by atoms with Crippen LogP contribution < -0.4 is 0 Å². The maximum atomic E-state index is 13.0. The highest BCUT2D eigenvalue weighted by Crippen LogP contribution is 2.27. The van der Waals surface area contributed by atoms with Crippen molar-refractivity contribution in [2.45, 2.75) is 51.5 Å². The molecule has 3 aliphatic rings. The Morgan fingerprint density at radius 2 is 1.46 bits per heavy atom. The third-order valence-corrected chi connectivity index (χ3v) is 7.11. The summed E-state index contributed by atoms with van der Waals surface area (Å²) in [4.78, 5) is 20.3. The molecule has 1 amide bonds. The van der Waals surface area contributed by atoms with Gasteiger partial charge in [0.1, 0.15) is 0 Å². The minimum Gasteiger partial charge on any atom is -0.340 e. The molecule has 2 aliphatic heterocycles. The second-order valence-corrected chi connectivity index (χ2v) is 9.17. The third-order valence-electron chi connectivity index (χ3n) is 7.11. The molecule has 0 aromatic heterocycles. The van der Waals surface area contributed by atoms with E-state index in [1.807, 2.05) is 0 Å². The van der Waals surface area contributed by atoms with Gasteiger partial charge < -0.3 is 9.80 Å². The smallest absolute Gasteiger partial charge is 0.225 e. The first-order chi connectivity index (χ1) is 13.8. The second kappa shape index (κ2) is 9.89. The van der Waals surface area contributed by atoms with Gasteiger partial charge in [0.05, 0.1) is 0 Å². The van der Waals surface area contributed by atoms with Gasteiger partial charge in [-0.15, -0.1) is 0 Å². The molecule has 3 fully saturated rings. The van der Waals surface area contributed by atoms with Crippen LogP contribution in [0.15, 0.2) is 30.3 Å². The summed E-state index contributed by atoms with van der Waals surface area (Å²) in [7, 11) is 0. The minimum atomic E-state index is 0.267. The van der Waals surface area contributed by atoms with Gasteiger partial charge in [0.2, 0.25) is 5.91 Å². The lowest BCUT2D eigenvalue weighted by atomic mass is 9.87. The number of hydrogen-bond acceptors (Lipinski definition) is 3. The first kappa shape index (κ1) is 19.9. The molecular weight excluding hydrogens is 346 g/mol. The summed E-state index contributed by atoms with van der Waals surface area (Å²) >= 11 is 0. The Morgan fingerprint density at radius 1 is 0.786 bits per heavy atom. The molecular formula is C24H37N3O. The number of piperidine rings is 1. The zero-order valence-electron chi connectivity index (χ0n) is 17.4. The molecule has 0 atom stereocenters. The third kappa shape index (κ3) is 5.36. The summed E-state index contributed by atoms with van der Waals surface area (Å²) in [6.07, 6.45) is 9.27. The van der Waals surface area contributed by atoms with Crippen molar-refractivity contribution < 1.29 is 4.79 Å². The van der Waals surface area contributed by atoms with Crippen molar-refractivity contribution >= 4 is 5.91 Å². The van der Waals surface area contributed by atoms with Crippen LogP contribution in [0.4, 0.5) is 0 Å². The number of nitrogens with zero attached hydrogens (tertiary/aromatic N) is 3. The topological polar surface area (TPSA) is 26.8 Å². The molecule has 0 radical (unpaired) electrons. The van der Waals surface area contributed by atoms with E-state index in [2.05, 4.69) is 45.0 Å². The fourth-order valence-corrected chi connectivity index (χ4v) is 5.32. The molecule has 1 saturated carbocycles. The normalized spacial score (nSPS) is 23.8. The average molecular weight is 384 g/mol. The van der Waals surface area contributed by atoms with Gasteiger partial charge in [-0.1, -0.05) is 49.6 Å². The van der Waals surface area contributed by atoms with Crippen LogP contribution in [-0.2, 0) is 11.3 Å². The van der Waals surface area contributed by atoms with Gasteiger partial charge in [0.25, 0.3) is 0 Å². The van der Waals surface area contributed by atoms with Crippen molar-refractivity contribution in [1.82, 2.24) is 14.7 Å². The van der Waals surface area contributed by atoms with Gasteiger partial charge in [0.15, 0.2) is 0 Å². The van der Waals surface area contributed by atoms with Gasteiger partial charge in [0, 0.05) is 45.2 Å². The number of likely N-dealkylation sites (tertiary alicyclic amines) is 1. The molecule has 0 spiro atoms. The minimum absolute atomic E-state index is 0.267. The number of rotatable bonds is 5. The highest BCUT2D eigenvalue weighted by Gasteiger charge is 2.31. The second-order valence-electron chi connectivity index (χ2n) is 9.17. The monoisotopic (exact) mass is 383 g/mol. The van der Waals surface area contributed by atoms with Crippen molar-refractivity contribution in [1.29, 1.82) is 0 Å². The predicted octanol–water partition coefficient (Wildman–Crippen LogP) is 3.62. The van der Waals surface area contributed by atoms with Crippen LogP contribution in [-0.4, -0.2) is 66.4 Å². The van der Waals surface area contributed by atoms with Crippen molar-refractivity contribution in [3.05, 3.63) is 35.9 Å². The fourth-order valence-electron chi connectivity index (χ4n) is 5.32. The standard InChI is InChI=1S/C24H37N3O/c28-24(23-11-13-25(14-12-23)19-21-7-3-1-4-8-21)27-17-15-26(16-18-27)20-22-9-5-2-6-10-22/h2,5-6,9-10,21,23H,1,3-4,7-8,11-20H2. The highest BCUT2D eigenvalue weighted by atomic mass is 16.2. The predicted molar refractivity (Wildman–Crippen MR) is 114 cm³/mol. The molecule has 1 aromatic carbocycles. The Bertz CT molecular complexity index is 598. The maximum absolute atomic E-state index is 13.0. The summed E-state index contributed by atoms with van der Waals surface area (Å²) < 4.78 is 0.